The monoisotopic (exact) mass is 270 g/mol. The lowest BCUT2D eigenvalue weighted by molar-refractivity contribution is -0.514. The highest BCUT2D eigenvalue weighted by Crippen LogP contribution is 2.36. The van der Waals surface area contributed by atoms with Crippen molar-refractivity contribution in [2.24, 2.45) is 0 Å². The van der Waals surface area contributed by atoms with E-state index >= 15 is 0 Å². The largest absolute Gasteiger partial charge is 0.494 e. The van der Waals surface area contributed by atoms with E-state index in [-0.39, 0.29) is 6.42 Å². The van der Waals surface area contributed by atoms with Crippen molar-refractivity contribution in [3.05, 3.63) is 0 Å². The molecule has 3 nitrogen and oxygen atoms in total. The number of aliphatic hydroxyl groups excluding tert-OH is 1. The predicted molar refractivity (Wildman–Crippen MR) is 43.6 cm³/mol. The minimum Gasteiger partial charge on any atom is -0.396 e. The second-order valence-corrected chi connectivity index (χ2v) is 3.17. The molecule has 0 heterocycles. The van der Waals surface area contributed by atoms with Crippen LogP contribution in [0.1, 0.15) is 26.2 Å². The Kier molecular flexibility index (Phi) is 5.69. The molecule has 0 aromatic heterocycles. The third-order valence-electron chi connectivity index (χ3n) is 1.48. The van der Waals surface area contributed by atoms with Gasteiger partial charge < -0.3 is 5.11 Å². The molecule has 0 bridgehead atoms. The molecular formula is C8H12F6O3. The molecule has 9 heteroatoms. The van der Waals surface area contributed by atoms with E-state index in [9.17, 15) is 26.3 Å². The summed E-state index contributed by atoms with van der Waals surface area (Å²) < 4.78 is 81.1. The predicted octanol–water partition coefficient (Wildman–Crippen LogP) is 2.94. The maximum atomic E-state index is 12.6. The third-order valence-corrected chi connectivity index (χ3v) is 1.48. The van der Waals surface area contributed by atoms with Crippen molar-refractivity contribution < 1.29 is 40.9 Å². The number of hydrogen-bond acceptors (Lipinski definition) is 3. The van der Waals surface area contributed by atoms with Gasteiger partial charge in [-0.05, 0) is 6.42 Å². The summed E-state index contributed by atoms with van der Waals surface area (Å²) >= 11 is 0. The van der Waals surface area contributed by atoms with Gasteiger partial charge in [0.25, 0.3) is 0 Å². The molecule has 0 aliphatic rings. The summed E-state index contributed by atoms with van der Waals surface area (Å²) in [6.45, 7) is 0.130. The average molecular weight is 270 g/mol. The van der Waals surface area contributed by atoms with Gasteiger partial charge in [-0.25, -0.2) is 9.47 Å². The Morgan fingerprint density at radius 1 is 0.882 bits per heavy atom. The Labute approximate surface area is 93.3 Å². The van der Waals surface area contributed by atoms with Crippen LogP contribution in [0.5, 0.6) is 0 Å². The van der Waals surface area contributed by atoms with E-state index in [2.05, 4.69) is 9.47 Å². The first-order chi connectivity index (χ1) is 7.54. The Balaban J connectivity index is 4.47. The van der Waals surface area contributed by atoms with Crippen molar-refractivity contribution in [3.63, 3.8) is 0 Å². The summed E-state index contributed by atoms with van der Waals surface area (Å²) in [7, 11) is 0. The maximum Gasteiger partial charge on any atom is 0.494 e. The van der Waals surface area contributed by atoms with Crippen molar-refractivity contribution in [1.82, 2.24) is 0 Å². The molecule has 0 atom stereocenters. The van der Waals surface area contributed by atoms with Gasteiger partial charge in [0.15, 0.2) is 0 Å². The van der Waals surface area contributed by atoms with Gasteiger partial charge in [-0.3, -0.25) is 0 Å². The molecule has 0 aromatic carbocycles. The molecule has 0 amide bonds. The minimum absolute atomic E-state index is 0.184. The van der Waals surface area contributed by atoms with Crippen LogP contribution in [-0.4, -0.2) is 30.2 Å². The van der Waals surface area contributed by atoms with Gasteiger partial charge in [-0.2, -0.15) is 17.6 Å². The first-order valence-electron chi connectivity index (χ1n) is 4.68. The Morgan fingerprint density at radius 3 is 1.65 bits per heavy atom. The fourth-order valence-corrected chi connectivity index (χ4v) is 0.892. The number of ether oxygens (including phenoxy) is 2. The van der Waals surface area contributed by atoms with Crippen LogP contribution in [0.25, 0.3) is 0 Å². The molecule has 1 N–H and O–H groups in total. The van der Waals surface area contributed by atoms with Gasteiger partial charge >= 0.3 is 18.5 Å². The number of aliphatic hydroxyl groups is 1. The van der Waals surface area contributed by atoms with Gasteiger partial charge in [-0.1, -0.05) is 6.92 Å². The third kappa shape index (κ3) is 7.40. The summed E-state index contributed by atoms with van der Waals surface area (Å²) in [6.07, 6.45) is -16.6. The normalized spacial score (nSPS) is 14.1. The Bertz CT molecular complexity index is 211. The topological polar surface area (TPSA) is 38.7 Å². The zero-order valence-corrected chi connectivity index (χ0v) is 8.86. The number of alkyl halides is 6. The van der Waals surface area contributed by atoms with Crippen molar-refractivity contribution in [2.75, 3.05) is 6.61 Å². The van der Waals surface area contributed by atoms with E-state index < -0.39 is 38.0 Å². The van der Waals surface area contributed by atoms with Crippen molar-refractivity contribution in [2.45, 2.75) is 44.7 Å². The second-order valence-electron chi connectivity index (χ2n) is 3.17. The highest BCUT2D eigenvalue weighted by molar-refractivity contribution is 4.57. The van der Waals surface area contributed by atoms with Crippen molar-refractivity contribution in [1.29, 1.82) is 0 Å². The number of halogens is 6. The van der Waals surface area contributed by atoms with Crippen LogP contribution in [0.4, 0.5) is 26.3 Å². The SMILES string of the molecule is CCCC(F)(F)OC(F)(F)OC(F)(F)CCO. The van der Waals surface area contributed by atoms with Crippen LogP contribution in [0.2, 0.25) is 0 Å². The van der Waals surface area contributed by atoms with E-state index in [0.29, 0.717) is 0 Å². The fourth-order valence-electron chi connectivity index (χ4n) is 0.892. The molecule has 0 aliphatic heterocycles. The van der Waals surface area contributed by atoms with Crippen LogP contribution in [0.15, 0.2) is 0 Å². The van der Waals surface area contributed by atoms with Crippen LogP contribution in [-0.2, 0) is 9.47 Å². The molecule has 0 unspecified atom stereocenters. The van der Waals surface area contributed by atoms with Crippen molar-refractivity contribution >= 4 is 0 Å². The maximum absolute atomic E-state index is 12.6. The first kappa shape index (κ1) is 16.5. The van der Waals surface area contributed by atoms with E-state index in [0.717, 1.165) is 0 Å². The van der Waals surface area contributed by atoms with Crippen LogP contribution in [0.3, 0.4) is 0 Å². The summed E-state index contributed by atoms with van der Waals surface area (Å²) in [5.74, 6) is 0. The molecule has 0 saturated heterocycles. The molecule has 17 heavy (non-hydrogen) atoms. The summed E-state index contributed by atoms with van der Waals surface area (Å²) in [4.78, 5) is 0. The highest BCUT2D eigenvalue weighted by Gasteiger charge is 2.51. The number of hydrogen-bond donors (Lipinski definition) is 1. The second kappa shape index (κ2) is 5.87. The van der Waals surface area contributed by atoms with E-state index in [1.807, 2.05) is 0 Å². The quantitative estimate of drug-likeness (QED) is 0.544. The molecule has 104 valence electrons. The zero-order chi connectivity index (χ0) is 13.7. The van der Waals surface area contributed by atoms with Gasteiger partial charge in [0.2, 0.25) is 0 Å². The van der Waals surface area contributed by atoms with Gasteiger partial charge in [0.05, 0.1) is 13.0 Å². The summed E-state index contributed by atoms with van der Waals surface area (Å²) in [6, 6.07) is 0. The lowest BCUT2D eigenvalue weighted by atomic mass is 10.3. The molecule has 0 aliphatic carbocycles. The van der Waals surface area contributed by atoms with Crippen LogP contribution >= 0.6 is 0 Å². The van der Waals surface area contributed by atoms with Crippen LogP contribution < -0.4 is 0 Å². The van der Waals surface area contributed by atoms with E-state index in [1.54, 1.807) is 0 Å². The van der Waals surface area contributed by atoms with Gasteiger partial charge in [-0.15, -0.1) is 8.78 Å². The summed E-state index contributed by atoms with van der Waals surface area (Å²) in [5, 5.41) is 8.12. The molecule has 0 rings (SSSR count). The standard InChI is InChI=1S/C8H12F6O3/c1-2-3-6(9,10)16-8(13,14)17-7(11,12)4-5-15/h15H,2-5H2,1H3. The molecular weight excluding hydrogens is 258 g/mol. The average Bonchev–Trinajstić information content (AvgIpc) is 1.96. The fraction of sp³-hybridized carbons (Fsp3) is 1.00. The molecule has 0 radical (unpaired) electrons. The summed E-state index contributed by atoms with van der Waals surface area (Å²) in [5.41, 5.74) is 0. The van der Waals surface area contributed by atoms with Crippen molar-refractivity contribution in [3.8, 4) is 0 Å². The van der Waals surface area contributed by atoms with E-state index in [4.69, 9.17) is 5.11 Å². The minimum atomic E-state index is -5.14. The van der Waals surface area contributed by atoms with Gasteiger partial charge in [0, 0.05) is 6.42 Å². The smallest absolute Gasteiger partial charge is 0.396 e. The Hall–Kier alpha value is -0.540. The highest BCUT2D eigenvalue weighted by atomic mass is 19.3. The number of rotatable bonds is 8. The molecule has 0 aromatic rings. The molecule has 0 fully saturated rings. The zero-order valence-electron chi connectivity index (χ0n) is 8.86. The molecule has 0 saturated carbocycles. The Morgan fingerprint density at radius 2 is 1.29 bits per heavy atom. The first-order valence-corrected chi connectivity index (χ1v) is 4.68. The van der Waals surface area contributed by atoms with E-state index in [1.165, 1.54) is 6.92 Å². The lowest BCUT2D eigenvalue weighted by Crippen LogP contribution is -2.40. The lowest BCUT2D eigenvalue weighted by Gasteiger charge is -2.26. The van der Waals surface area contributed by atoms with Crippen LogP contribution in [0, 0.1) is 0 Å². The molecule has 0 spiro atoms. The van der Waals surface area contributed by atoms with Gasteiger partial charge in [0.1, 0.15) is 0 Å².